The minimum Gasteiger partial charge on any atom is -0.341 e. The molecule has 0 saturated carbocycles. The van der Waals surface area contributed by atoms with Crippen LogP contribution in [0.2, 0.25) is 0 Å². The van der Waals surface area contributed by atoms with Gasteiger partial charge in [-0.15, -0.1) is 11.8 Å². The Hall–Kier alpha value is -1.45. The van der Waals surface area contributed by atoms with Gasteiger partial charge in [0.1, 0.15) is 0 Å². The largest absolute Gasteiger partial charge is 0.341 e. The van der Waals surface area contributed by atoms with Crippen LogP contribution in [0.1, 0.15) is 12.5 Å². The summed E-state index contributed by atoms with van der Waals surface area (Å²) in [5.74, 6) is 0. The van der Waals surface area contributed by atoms with E-state index >= 15 is 0 Å². The lowest BCUT2D eigenvalue weighted by Gasteiger charge is -2.26. The van der Waals surface area contributed by atoms with Gasteiger partial charge in [-0.3, -0.25) is 0 Å². The molecule has 19 heavy (non-hydrogen) atoms. The van der Waals surface area contributed by atoms with Gasteiger partial charge in [-0.2, -0.15) is 0 Å². The average Bonchev–Trinajstić information content (AvgIpc) is 2.48. The standard InChI is InChI=1S/C16H20N2S/c1-3-18(13-8-5-4-6-9-13)15-10-7-11-16(19-2)14(15)12-17/h4-11H,3,12,17H2,1-2H3. The highest BCUT2D eigenvalue weighted by Crippen LogP contribution is 2.33. The molecule has 0 fully saturated rings. The first-order chi connectivity index (χ1) is 9.31. The lowest BCUT2D eigenvalue weighted by Crippen LogP contribution is -2.19. The van der Waals surface area contributed by atoms with Gasteiger partial charge < -0.3 is 10.6 Å². The molecule has 0 aliphatic heterocycles. The minimum absolute atomic E-state index is 0.565. The Bertz CT molecular complexity index is 526. The molecule has 0 bridgehead atoms. The summed E-state index contributed by atoms with van der Waals surface area (Å²) < 4.78 is 0. The summed E-state index contributed by atoms with van der Waals surface area (Å²) in [4.78, 5) is 3.57. The summed E-state index contributed by atoms with van der Waals surface area (Å²) in [6, 6.07) is 16.8. The van der Waals surface area contributed by atoms with Crippen molar-refractivity contribution < 1.29 is 0 Å². The Balaban J connectivity index is 2.50. The zero-order valence-electron chi connectivity index (χ0n) is 11.5. The number of nitrogens with zero attached hydrogens (tertiary/aromatic N) is 1. The molecule has 0 unspecified atom stereocenters. The zero-order valence-corrected chi connectivity index (χ0v) is 12.3. The highest BCUT2D eigenvalue weighted by atomic mass is 32.2. The molecule has 0 spiro atoms. The van der Waals surface area contributed by atoms with Crippen LogP contribution < -0.4 is 10.6 Å². The highest BCUT2D eigenvalue weighted by molar-refractivity contribution is 7.98. The van der Waals surface area contributed by atoms with Crippen LogP contribution in [0, 0.1) is 0 Å². The van der Waals surface area contributed by atoms with E-state index in [1.54, 1.807) is 11.8 Å². The van der Waals surface area contributed by atoms with E-state index in [2.05, 4.69) is 60.5 Å². The summed E-state index contributed by atoms with van der Waals surface area (Å²) in [6.45, 7) is 3.66. The Morgan fingerprint density at radius 2 is 1.79 bits per heavy atom. The third-order valence-electron chi connectivity index (χ3n) is 3.21. The van der Waals surface area contributed by atoms with Gasteiger partial charge in [0.15, 0.2) is 0 Å². The summed E-state index contributed by atoms with van der Waals surface area (Å²) in [7, 11) is 0. The maximum Gasteiger partial charge on any atom is 0.0467 e. The van der Waals surface area contributed by atoms with Crippen LogP contribution in [0.3, 0.4) is 0 Å². The summed E-state index contributed by atoms with van der Waals surface area (Å²) in [6.07, 6.45) is 2.09. The maximum absolute atomic E-state index is 5.96. The van der Waals surface area contributed by atoms with E-state index in [1.165, 1.54) is 21.8 Å². The summed E-state index contributed by atoms with van der Waals surface area (Å²) in [5, 5.41) is 0. The molecule has 0 amide bonds. The maximum atomic E-state index is 5.96. The van der Waals surface area contributed by atoms with Crippen LogP contribution in [-0.4, -0.2) is 12.8 Å². The quantitative estimate of drug-likeness (QED) is 0.833. The molecule has 3 heteroatoms. The van der Waals surface area contributed by atoms with Crippen molar-refractivity contribution in [1.82, 2.24) is 0 Å². The lowest BCUT2D eigenvalue weighted by atomic mass is 10.1. The van der Waals surface area contributed by atoms with Crippen molar-refractivity contribution in [2.45, 2.75) is 18.4 Å². The Morgan fingerprint density at radius 3 is 2.37 bits per heavy atom. The third-order valence-corrected chi connectivity index (χ3v) is 4.03. The van der Waals surface area contributed by atoms with Crippen molar-refractivity contribution in [3.8, 4) is 0 Å². The molecule has 0 aliphatic rings. The second-order valence-electron chi connectivity index (χ2n) is 4.24. The van der Waals surface area contributed by atoms with Crippen molar-refractivity contribution in [3.63, 3.8) is 0 Å². The minimum atomic E-state index is 0.565. The van der Waals surface area contributed by atoms with E-state index in [0.717, 1.165) is 6.54 Å². The van der Waals surface area contributed by atoms with Gasteiger partial charge >= 0.3 is 0 Å². The number of thioether (sulfide) groups is 1. The first-order valence-electron chi connectivity index (χ1n) is 6.50. The molecule has 2 rings (SSSR count). The molecule has 0 heterocycles. The van der Waals surface area contributed by atoms with E-state index in [9.17, 15) is 0 Å². The number of rotatable bonds is 5. The van der Waals surface area contributed by atoms with E-state index in [4.69, 9.17) is 5.73 Å². The number of para-hydroxylation sites is 1. The first-order valence-corrected chi connectivity index (χ1v) is 7.72. The van der Waals surface area contributed by atoms with Crippen LogP contribution in [0.15, 0.2) is 53.4 Å². The van der Waals surface area contributed by atoms with E-state index < -0.39 is 0 Å². The number of anilines is 2. The Kier molecular flexibility index (Phi) is 4.88. The summed E-state index contributed by atoms with van der Waals surface area (Å²) in [5.41, 5.74) is 9.60. The van der Waals surface area contributed by atoms with Crippen LogP contribution in [-0.2, 0) is 6.54 Å². The van der Waals surface area contributed by atoms with Crippen molar-refractivity contribution in [2.24, 2.45) is 5.73 Å². The molecule has 100 valence electrons. The predicted molar refractivity (Wildman–Crippen MR) is 85.2 cm³/mol. The molecule has 0 aliphatic carbocycles. The second-order valence-corrected chi connectivity index (χ2v) is 5.09. The second kappa shape index (κ2) is 6.64. The summed E-state index contributed by atoms with van der Waals surface area (Å²) >= 11 is 1.75. The fraction of sp³-hybridized carbons (Fsp3) is 0.250. The smallest absolute Gasteiger partial charge is 0.0467 e. The van der Waals surface area contributed by atoms with Gasteiger partial charge in [0.25, 0.3) is 0 Å². The average molecular weight is 272 g/mol. The fourth-order valence-corrected chi connectivity index (χ4v) is 2.95. The molecular weight excluding hydrogens is 252 g/mol. The van der Waals surface area contributed by atoms with Crippen LogP contribution in [0.4, 0.5) is 11.4 Å². The topological polar surface area (TPSA) is 29.3 Å². The van der Waals surface area contributed by atoms with Gasteiger partial charge in [0.2, 0.25) is 0 Å². The SMILES string of the molecule is CCN(c1ccccc1)c1cccc(SC)c1CN. The number of benzene rings is 2. The molecule has 2 nitrogen and oxygen atoms in total. The fourth-order valence-electron chi connectivity index (χ4n) is 2.30. The van der Waals surface area contributed by atoms with Gasteiger partial charge in [-0.25, -0.2) is 0 Å². The molecule has 0 saturated heterocycles. The monoisotopic (exact) mass is 272 g/mol. The predicted octanol–water partition coefficient (Wildman–Crippen LogP) is 4.03. The normalized spacial score (nSPS) is 10.5. The zero-order chi connectivity index (χ0) is 13.7. The molecular formula is C16H20N2S. The van der Waals surface area contributed by atoms with Crippen LogP contribution >= 0.6 is 11.8 Å². The van der Waals surface area contributed by atoms with Gasteiger partial charge in [0.05, 0.1) is 0 Å². The molecule has 0 aromatic heterocycles. The number of hydrogen-bond acceptors (Lipinski definition) is 3. The van der Waals surface area contributed by atoms with Crippen molar-refractivity contribution in [2.75, 3.05) is 17.7 Å². The van der Waals surface area contributed by atoms with Crippen LogP contribution in [0.25, 0.3) is 0 Å². The van der Waals surface area contributed by atoms with E-state index in [-0.39, 0.29) is 0 Å². The number of nitrogens with two attached hydrogens (primary N) is 1. The molecule has 2 N–H and O–H groups in total. The molecule has 0 radical (unpaired) electrons. The Labute approximate surface area is 119 Å². The highest BCUT2D eigenvalue weighted by Gasteiger charge is 2.13. The van der Waals surface area contributed by atoms with Gasteiger partial charge in [-0.05, 0) is 37.4 Å². The van der Waals surface area contributed by atoms with Gasteiger partial charge in [0, 0.05) is 34.9 Å². The lowest BCUT2D eigenvalue weighted by molar-refractivity contribution is 0.962. The third kappa shape index (κ3) is 2.94. The first kappa shape index (κ1) is 14.0. The molecule has 2 aromatic rings. The number of hydrogen-bond donors (Lipinski definition) is 1. The van der Waals surface area contributed by atoms with Crippen molar-refractivity contribution >= 4 is 23.1 Å². The van der Waals surface area contributed by atoms with Gasteiger partial charge in [-0.1, -0.05) is 24.3 Å². The molecule has 2 aromatic carbocycles. The van der Waals surface area contributed by atoms with Crippen molar-refractivity contribution in [1.29, 1.82) is 0 Å². The van der Waals surface area contributed by atoms with Crippen molar-refractivity contribution in [3.05, 3.63) is 54.1 Å². The van der Waals surface area contributed by atoms with E-state index in [0.29, 0.717) is 6.54 Å². The molecule has 0 atom stereocenters. The van der Waals surface area contributed by atoms with E-state index in [1.807, 2.05) is 6.07 Å². The van der Waals surface area contributed by atoms with Crippen LogP contribution in [0.5, 0.6) is 0 Å². The Morgan fingerprint density at radius 1 is 1.05 bits per heavy atom.